The van der Waals surface area contributed by atoms with Crippen molar-refractivity contribution in [2.24, 2.45) is 23.2 Å². The van der Waals surface area contributed by atoms with Crippen molar-refractivity contribution in [1.82, 2.24) is 5.32 Å². The van der Waals surface area contributed by atoms with Gasteiger partial charge in [-0.05, 0) is 67.4 Å². The maximum Gasteiger partial charge on any atom is 0.308 e. The summed E-state index contributed by atoms with van der Waals surface area (Å²) in [7, 11) is 0. The molecule has 6 nitrogen and oxygen atoms in total. The number of fused-ring (bicyclic) bond motifs is 3. The average molecular weight is 484 g/mol. The van der Waals surface area contributed by atoms with Crippen molar-refractivity contribution in [2.75, 3.05) is 0 Å². The first-order valence-corrected chi connectivity index (χ1v) is 12.9. The van der Waals surface area contributed by atoms with E-state index in [2.05, 4.69) is 31.3 Å². The van der Waals surface area contributed by atoms with Crippen LogP contribution in [0.3, 0.4) is 0 Å². The van der Waals surface area contributed by atoms with E-state index in [-0.39, 0.29) is 23.8 Å². The Hall–Kier alpha value is -2.67. The van der Waals surface area contributed by atoms with Gasteiger partial charge >= 0.3 is 11.9 Å². The van der Waals surface area contributed by atoms with Gasteiger partial charge in [0.1, 0.15) is 5.75 Å². The van der Waals surface area contributed by atoms with Gasteiger partial charge in [0.15, 0.2) is 0 Å². The lowest BCUT2D eigenvalue weighted by Crippen LogP contribution is -2.63. The van der Waals surface area contributed by atoms with E-state index in [1.54, 1.807) is 6.07 Å². The molecule has 1 heterocycles. The van der Waals surface area contributed by atoms with Gasteiger partial charge in [0, 0.05) is 34.9 Å². The van der Waals surface area contributed by atoms with Crippen molar-refractivity contribution in [3.8, 4) is 5.75 Å². The summed E-state index contributed by atoms with van der Waals surface area (Å²) in [6.07, 6.45) is 8.92. The Morgan fingerprint density at radius 3 is 2.74 bits per heavy atom. The molecule has 1 aromatic heterocycles. The number of benzene rings is 1. The fourth-order valence-electron chi connectivity index (χ4n) is 5.82. The van der Waals surface area contributed by atoms with E-state index >= 15 is 0 Å². The Kier molecular flexibility index (Phi) is 7.12. The normalized spacial score (nSPS) is 25.1. The number of carbonyl (C=O) groups is 3. The van der Waals surface area contributed by atoms with E-state index in [9.17, 15) is 14.4 Å². The number of amides is 1. The number of unbranched alkanes of at least 4 members (excludes halogenated alkanes) is 1. The molecule has 3 aliphatic carbocycles. The van der Waals surface area contributed by atoms with Crippen molar-refractivity contribution < 1.29 is 24.2 Å². The zero-order valence-corrected chi connectivity index (χ0v) is 20.8. The molecular weight excluding hydrogens is 450 g/mol. The number of esters is 1. The summed E-state index contributed by atoms with van der Waals surface area (Å²) in [5.74, 6) is 0.595. The molecule has 2 aromatic rings. The van der Waals surface area contributed by atoms with Crippen LogP contribution in [0.15, 0.2) is 35.7 Å². The van der Waals surface area contributed by atoms with Gasteiger partial charge in [-0.3, -0.25) is 14.4 Å². The number of thiophene rings is 1. The molecule has 5 rings (SSSR count). The Balaban J connectivity index is 1.50. The van der Waals surface area contributed by atoms with Crippen molar-refractivity contribution in [3.05, 3.63) is 41.3 Å². The molecule has 0 saturated heterocycles. The number of nitrogens with one attached hydrogen (secondary N) is 1. The number of hydrogen-bond donors (Lipinski definition) is 2. The van der Waals surface area contributed by atoms with Crippen LogP contribution < -0.4 is 10.1 Å². The zero-order chi connectivity index (χ0) is 24.5. The summed E-state index contributed by atoms with van der Waals surface area (Å²) in [6, 6.07) is 5.57. The summed E-state index contributed by atoms with van der Waals surface area (Å²) in [5.41, 5.74) is 0.762. The second-order valence-electron chi connectivity index (χ2n) is 10.2. The maximum atomic E-state index is 13.5. The van der Waals surface area contributed by atoms with Gasteiger partial charge < -0.3 is 15.2 Å². The van der Waals surface area contributed by atoms with Crippen molar-refractivity contribution in [3.63, 3.8) is 0 Å². The van der Waals surface area contributed by atoms with Gasteiger partial charge in [0.25, 0.3) is 5.91 Å². The molecule has 34 heavy (non-hydrogen) atoms. The number of carbonyl (C=O) groups excluding carboxylic acids is 2. The third-order valence-electron chi connectivity index (χ3n) is 7.80. The lowest BCUT2D eigenvalue weighted by atomic mass is 9.44. The van der Waals surface area contributed by atoms with Crippen LogP contribution >= 0.6 is 11.3 Å². The van der Waals surface area contributed by atoms with Gasteiger partial charge in [-0.15, -0.1) is 11.3 Å². The van der Waals surface area contributed by atoms with Crippen LogP contribution in [0.25, 0.3) is 10.1 Å². The minimum Gasteiger partial charge on any atom is -0.481 e. The van der Waals surface area contributed by atoms with Gasteiger partial charge in [0.2, 0.25) is 0 Å². The smallest absolute Gasteiger partial charge is 0.308 e. The summed E-state index contributed by atoms with van der Waals surface area (Å²) in [6.45, 7) is 5.98. The molecule has 1 aromatic carbocycles. The fourth-order valence-corrected chi connectivity index (χ4v) is 6.77. The molecule has 2 N–H and O–H groups in total. The predicted octanol–water partition coefficient (Wildman–Crippen LogP) is 5.81. The number of carboxylic acid groups (broad SMARTS) is 1. The van der Waals surface area contributed by atoms with E-state index in [1.165, 1.54) is 18.3 Å². The molecule has 1 amide bonds. The van der Waals surface area contributed by atoms with Gasteiger partial charge in [-0.2, -0.15) is 0 Å². The van der Waals surface area contributed by atoms with Gasteiger partial charge in [-0.1, -0.05) is 32.1 Å². The Bertz CT molecular complexity index is 1120. The Morgan fingerprint density at radius 1 is 1.24 bits per heavy atom. The highest BCUT2D eigenvalue weighted by Gasteiger charge is 2.57. The van der Waals surface area contributed by atoms with Crippen molar-refractivity contribution in [1.29, 1.82) is 0 Å². The summed E-state index contributed by atoms with van der Waals surface area (Å²) in [5, 5.41) is 14.7. The summed E-state index contributed by atoms with van der Waals surface area (Å²) >= 11 is 1.48. The van der Waals surface area contributed by atoms with Crippen LogP contribution in [-0.4, -0.2) is 29.0 Å². The van der Waals surface area contributed by atoms with Crippen molar-refractivity contribution in [2.45, 2.75) is 65.3 Å². The highest BCUT2D eigenvalue weighted by molar-refractivity contribution is 7.17. The van der Waals surface area contributed by atoms with E-state index < -0.39 is 11.9 Å². The molecule has 0 radical (unpaired) electrons. The number of aliphatic carboxylic acids is 1. The largest absolute Gasteiger partial charge is 0.481 e. The highest BCUT2D eigenvalue weighted by atomic mass is 32.1. The van der Waals surface area contributed by atoms with E-state index in [1.807, 2.05) is 17.5 Å². The lowest BCUT2D eigenvalue weighted by Gasteiger charge is -2.62. The first-order chi connectivity index (χ1) is 16.2. The first kappa shape index (κ1) is 24.5. The van der Waals surface area contributed by atoms with Crippen molar-refractivity contribution >= 4 is 39.3 Å². The van der Waals surface area contributed by atoms with Gasteiger partial charge in [-0.25, -0.2) is 0 Å². The lowest BCUT2D eigenvalue weighted by molar-refractivity contribution is -0.137. The molecular formula is C27H33NO5S. The third-order valence-corrected chi connectivity index (χ3v) is 8.75. The third kappa shape index (κ3) is 4.90. The summed E-state index contributed by atoms with van der Waals surface area (Å²) in [4.78, 5) is 35.8. The molecule has 0 aliphatic heterocycles. The second kappa shape index (κ2) is 9.90. The van der Waals surface area contributed by atoms with E-state index in [0.29, 0.717) is 40.9 Å². The molecule has 3 fully saturated rings. The standard InChI is InChI=1S/C27H33NO5S/c1-16(29)33-21-10-8-11-22-24(21)19(15-34-22)26(32)28-25-17(9-6-4-5-7-12-23(30)31)13-18-14-20(25)27(18,2)3/h4,6,8,10-11,15,17-18,20,25H,5,7,9,12-14H2,1-3H3,(H,28,32)(H,30,31)/b6-4+. The Morgan fingerprint density at radius 2 is 2.03 bits per heavy atom. The minimum absolute atomic E-state index is 0.0759. The molecule has 3 aliphatic rings. The highest BCUT2D eigenvalue weighted by Crippen LogP contribution is 2.61. The molecule has 4 atom stereocenters. The number of hydrogen-bond acceptors (Lipinski definition) is 5. The summed E-state index contributed by atoms with van der Waals surface area (Å²) < 4.78 is 6.31. The van der Waals surface area contributed by atoms with Crippen LogP contribution in [0, 0.1) is 23.2 Å². The van der Waals surface area contributed by atoms with E-state index in [0.717, 1.165) is 30.4 Å². The Labute approximate surface area is 204 Å². The van der Waals surface area contributed by atoms with Gasteiger partial charge in [0.05, 0.1) is 5.56 Å². The van der Waals surface area contributed by atoms with Crippen LogP contribution in [0.4, 0.5) is 0 Å². The number of allylic oxidation sites excluding steroid dienone is 2. The monoisotopic (exact) mass is 483 g/mol. The number of carboxylic acids is 1. The maximum absolute atomic E-state index is 13.5. The van der Waals surface area contributed by atoms with Crippen LogP contribution in [0.5, 0.6) is 5.75 Å². The quantitative estimate of drug-likeness (QED) is 0.203. The average Bonchev–Trinajstić information content (AvgIpc) is 3.21. The zero-order valence-electron chi connectivity index (χ0n) is 20.0. The molecule has 7 heteroatoms. The molecule has 4 unspecified atom stereocenters. The minimum atomic E-state index is -0.761. The predicted molar refractivity (Wildman–Crippen MR) is 133 cm³/mol. The van der Waals surface area contributed by atoms with Crippen LogP contribution in [-0.2, 0) is 9.59 Å². The van der Waals surface area contributed by atoms with Crippen LogP contribution in [0.2, 0.25) is 0 Å². The fraction of sp³-hybridized carbons (Fsp3) is 0.519. The second-order valence-corrected chi connectivity index (χ2v) is 11.1. The number of ether oxygens (including phenoxy) is 1. The SMILES string of the molecule is CC(=O)Oc1cccc2scc(C(=O)NC3C(C/C=C/CCCC(=O)O)CC4CC3C4(C)C)c12. The molecule has 3 saturated carbocycles. The molecule has 0 spiro atoms. The molecule has 182 valence electrons. The topological polar surface area (TPSA) is 92.7 Å². The number of rotatable bonds is 9. The first-order valence-electron chi connectivity index (χ1n) is 12.0. The molecule has 2 bridgehead atoms. The van der Waals surface area contributed by atoms with E-state index in [4.69, 9.17) is 9.84 Å². The van der Waals surface area contributed by atoms with Crippen LogP contribution in [0.1, 0.15) is 69.7 Å².